The first kappa shape index (κ1) is 22.8. The van der Waals surface area contributed by atoms with Gasteiger partial charge in [-0.05, 0) is 81.2 Å². The molecule has 0 amide bonds. The number of nitrogens with zero attached hydrogens (tertiary/aromatic N) is 1. The second-order valence-corrected chi connectivity index (χ2v) is 6.70. The molecule has 1 heteroatoms. The van der Waals surface area contributed by atoms with Gasteiger partial charge in [0.05, 0.1) is 0 Å². The van der Waals surface area contributed by atoms with Gasteiger partial charge in [0.1, 0.15) is 0 Å². The van der Waals surface area contributed by atoms with E-state index in [0.29, 0.717) is 0 Å². The van der Waals surface area contributed by atoms with Gasteiger partial charge in [0.15, 0.2) is 0 Å². The highest BCUT2D eigenvalue weighted by atomic mass is 15.1. The molecule has 0 saturated heterocycles. The average Bonchev–Trinajstić information content (AvgIpc) is 3.10. The fraction of sp³-hybridized carbons (Fsp3) is 0.385. The van der Waals surface area contributed by atoms with Gasteiger partial charge in [-0.3, -0.25) is 0 Å². The summed E-state index contributed by atoms with van der Waals surface area (Å²) in [5.41, 5.74) is 7.15. The van der Waals surface area contributed by atoms with Crippen molar-refractivity contribution in [3.8, 4) is 0 Å². The topological polar surface area (TPSA) is 3.24 Å². The van der Waals surface area contributed by atoms with E-state index in [-0.39, 0.29) is 0 Å². The zero-order valence-electron chi connectivity index (χ0n) is 17.5. The Kier molecular flexibility index (Phi) is 10.9. The summed E-state index contributed by atoms with van der Waals surface area (Å²) in [7, 11) is 0. The molecule has 0 saturated carbocycles. The first-order chi connectivity index (χ1) is 13.2. The second kappa shape index (κ2) is 13.0. The highest BCUT2D eigenvalue weighted by molar-refractivity contribution is 5.40. The maximum absolute atomic E-state index is 3.96. The number of hydrogen-bond donors (Lipinski definition) is 0. The van der Waals surface area contributed by atoms with Crippen LogP contribution < -0.4 is 0 Å². The molecule has 1 nitrogen and oxygen atoms in total. The van der Waals surface area contributed by atoms with E-state index in [4.69, 9.17) is 0 Å². The maximum atomic E-state index is 3.96. The predicted octanol–water partition coefficient (Wildman–Crippen LogP) is 7.81. The Morgan fingerprint density at radius 3 is 2.11 bits per heavy atom. The molecule has 0 fully saturated rings. The fourth-order valence-corrected chi connectivity index (χ4v) is 3.71. The van der Waals surface area contributed by atoms with E-state index in [0.717, 1.165) is 18.7 Å². The van der Waals surface area contributed by atoms with E-state index in [2.05, 4.69) is 69.4 Å². The number of likely N-dealkylation sites (N-methyl/N-ethyl adjacent to an activating group) is 1. The van der Waals surface area contributed by atoms with Crippen molar-refractivity contribution in [2.24, 2.45) is 0 Å². The molecular weight excluding hydrogens is 326 g/mol. The fourth-order valence-electron chi connectivity index (χ4n) is 3.71. The monoisotopic (exact) mass is 363 g/mol. The summed E-state index contributed by atoms with van der Waals surface area (Å²) in [5, 5.41) is 0. The lowest BCUT2D eigenvalue weighted by Crippen LogP contribution is -2.21. The van der Waals surface area contributed by atoms with Crippen molar-refractivity contribution in [2.45, 2.75) is 58.8 Å². The van der Waals surface area contributed by atoms with Crippen LogP contribution >= 0.6 is 0 Å². The highest BCUT2D eigenvalue weighted by Gasteiger charge is 2.15. The summed E-state index contributed by atoms with van der Waals surface area (Å²) in [6.45, 7) is 19.2. The van der Waals surface area contributed by atoms with E-state index >= 15 is 0 Å². The first-order valence-corrected chi connectivity index (χ1v) is 10.2. The smallest absolute Gasteiger partial charge is 0.0401 e. The Hall–Kier alpha value is -2.28. The summed E-state index contributed by atoms with van der Waals surface area (Å²) in [4.78, 5) is 2.35. The minimum Gasteiger partial charge on any atom is -0.345 e. The Balaban J connectivity index is 0.00000176. The van der Waals surface area contributed by atoms with Gasteiger partial charge in [-0.2, -0.15) is 0 Å². The maximum Gasteiger partial charge on any atom is 0.0401 e. The molecule has 0 radical (unpaired) electrons. The van der Waals surface area contributed by atoms with Crippen LogP contribution in [0.2, 0.25) is 0 Å². The third-order valence-electron chi connectivity index (χ3n) is 5.16. The van der Waals surface area contributed by atoms with E-state index in [1.165, 1.54) is 55.4 Å². The van der Waals surface area contributed by atoms with Crippen LogP contribution in [0.4, 0.5) is 0 Å². The molecule has 0 bridgehead atoms. The largest absolute Gasteiger partial charge is 0.345 e. The van der Waals surface area contributed by atoms with E-state index in [9.17, 15) is 0 Å². The van der Waals surface area contributed by atoms with E-state index in [1.807, 2.05) is 18.2 Å². The quantitative estimate of drug-likeness (QED) is 0.329. The molecule has 0 aromatic heterocycles. The molecule has 0 heterocycles. The molecule has 2 aliphatic carbocycles. The summed E-state index contributed by atoms with van der Waals surface area (Å²) < 4.78 is 0. The van der Waals surface area contributed by atoms with Gasteiger partial charge in [0.2, 0.25) is 0 Å². The molecule has 0 aliphatic heterocycles. The van der Waals surface area contributed by atoms with Gasteiger partial charge in [-0.25, -0.2) is 0 Å². The molecule has 0 atom stereocenters. The minimum absolute atomic E-state index is 0.950. The lowest BCUT2D eigenvalue weighted by molar-refractivity contribution is 0.441. The minimum atomic E-state index is 0.950. The Morgan fingerprint density at radius 2 is 1.56 bits per heavy atom. The molecule has 146 valence electrons. The lowest BCUT2D eigenvalue weighted by Gasteiger charge is -2.26. The van der Waals surface area contributed by atoms with Crippen molar-refractivity contribution in [3.05, 3.63) is 97.0 Å². The van der Waals surface area contributed by atoms with Gasteiger partial charge in [0.25, 0.3) is 0 Å². The predicted molar refractivity (Wildman–Crippen MR) is 122 cm³/mol. The second-order valence-electron chi connectivity index (χ2n) is 6.70. The Morgan fingerprint density at radius 1 is 0.926 bits per heavy atom. The van der Waals surface area contributed by atoms with Crippen molar-refractivity contribution >= 4 is 0 Å². The highest BCUT2D eigenvalue weighted by Crippen LogP contribution is 2.31. The van der Waals surface area contributed by atoms with Crippen LogP contribution in [0.5, 0.6) is 0 Å². The van der Waals surface area contributed by atoms with E-state index in [1.54, 1.807) is 5.57 Å². The van der Waals surface area contributed by atoms with Gasteiger partial charge in [0, 0.05) is 17.9 Å². The first-order valence-electron chi connectivity index (χ1n) is 10.2. The zero-order chi connectivity index (χ0) is 20.1. The van der Waals surface area contributed by atoms with Crippen LogP contribution in [0.15, 0.2) is 97.0 Å². The normalized spacial score (nSPS) is 17.6. The molecule has 2 aliphatic rings. The lowest BCUT2D eigenvalue weighted by atomic mass is 9.97. The molecule has 27 heavy (non-hydrogen) atoms. The van der Waals surface area contributed by atoms with Crippen LogP contribution in [0.25, 0.3) is 0 Å². The average molecular weight is 364 g/mol. The van der Waals surface area contributed by atoms with Crippen molar-refractivity contribution < 1.29 is 0 Å². The van der Waals surface area contributed by atoms with Gasteiger partial charge in [-0.1, -0.05) is 50.0 Å². The summed E-state index contributed by atoms with van der Waals surface area (Å²) in [6, 6.07) is 0. The Bertz CT molecular complexity index is 652. The van der Waals surface area contributed by atoms with Crippen LogP contribution in [-0.2, 0) is 0 Å². The molecule has 2 rings (SSSR count). The number of hydrogen-bond acceptors (Lipinski definition) is 1. The summed E-state index contributed by atoms with van der Waals surface area (Å²) >= 11 is 0. The van der Waals surface area contributed by atoms with Crippen molar-refractivity contribution in [2.75, 3.05) is 6.54 Å². The third kappa shape index (κ3) is 6.75. The van der Waals surface area contributed by atoms with Crippen LogP contribution in [0.1, 0.15) is 58.8 Å². The third-order valence-corrected chi connectivity index (χ3v) is 5.16. The van der Waals surface area contributed by atoms with Crippen LogP contribution in [-0.4, -0.2) is 11.4 Å². The van der Waals surface area contributed by atoms with Gasteiger partial charge < -0.3 is 4.90 Å². The molecule has 0 aromatic rings. The molecule has 0 N–H and O–H groups in total. The Labute approximate surface area is 167 Å². The van der Waals surface area contributed by atoms with Crippen molar-refractivity contribution in [1.82, 2.24) is 4.90 Å². The SMILES string of the molecule is C=C.C=C/C=C(\C=C)N(CC)C1=CC=C(C2=CC=C(CC)CCC2)CCC1. The molecular formula is C26H37N. The van der Waals surface area contributed by atoms with Gasteiger partial charge in [-0.15, -0.1) is 13.2 Å². The number of rotatable bonds is 7. The van der Waals surface area contributed by atoms with Crippen molar-refractivity contribution in [1.29, 1.82) is 0 Å². The van der Waals surface area contributed by atoms with E-state index < -0.39 is 0 Å². The summed E-state index contributed by atoms with van der Waals surface area (Å²) in [5.74, 6) is 0. The zero-order valence-corrected chi connectivity index (χ0v) is 17.5. The molecule has 0 unspecified atom stereocenters. The van der Waals surface area contributed by atoms with Gasteiger partial charge >= 0.3 is 0 Å². The number of allylic oxidation sites excluding steroid dienone is 11. The molecule has 0 aromatic carbocycles. The van der Waals surface area contributed by atoms with Crippen molar-refractivity contribution in [3.63, 3.8) is 0 Å². The van der Waals surface area contributed by atoms with Crippen LogP contribution in [0, 0.1) is 0 Å². The van der Waals surface area contributed by atoms with Crippen LogP contribution in [0.3, 0.4) is 0 Å². The standard InChI is InChI=1S/C24H33N.C2H4/c1-5-11-23(7-3)25(8-4)24-15-10-14-22(18-19-24)21-13-9-12-20(6-2)16-17-21;1-2/h5,7,11,16-19H,1,3,6,8-10,12-15H2,2,4H3;1-2H2/b23-11+;. The molecule has 0 spiro atoms. The summed E-state index contributed by atoms with van der Waals surface area (Å²) in [6.07, 6.45) is 23.6.